The van der Waals surface area contributed by atoms with Gasteiger partial charge in [-0.25, -0.2) is 0 Å². The van der Waals surface area contributed by atoms with Crippen LogP contribution in [0.15, 0.2) is 41.6 Å². The molecular formula is C18H24N4OS. The Morgan fingerprint density at radius 1 is 1.25 bits per heavy atom. The Bertz CT molecular complexity index is 650. The van der Waals surface area contributed by atoms with Gasteiger partial charge in [-0.3, -0.25) is 4.79 Å². The zero-order valence-corrected chi connectivity index (χ0v) is 14.9. The number of likely N-dealkylation sites (tertiary alicyclic amines) is 1. The summed E-state index contributed by atoms with van der Waals surface area (Å²) in [6.07, 6.45) is 4.37. The molecule has 3 rings (SSSR count). The van der Waals surface area contributed by atoms with E-state index >= 15 is 0 Å². The summed E-state index contributed by atoms with van der Waals surface area (Å²) in [6, 6.07) is 10.3. The molecular weight excluding hydrogens is 320 g/mol. The summed E-state index contributed by atoms with van der Waals surface area (Å²) in [5, 5.41) is 8.29. The molecule has 0 N–H and O–H groups in total. The van der Waals surface area contributed by atoms with Gasteiger partial charge in [-0.1, -0.05) is 18.2 Å². The minimum absolute atomic E-state index is 0.272. The summed E-state index contributed by atoms with van der Waals surface area (Å²) in [4.78, 5) is 15.6. The van der Waals surface area contributed by atoms with Crippen LogP contribution in [0.25, 0.3) is 0 Å². The number of hydrogen-bond donors (Lipinski definition) is 0. The molecule has 0 atom stereocenters. The number of aromatic nitrogens is 3. The Kier molecular flexibility index (Phi) is 5.91. The summed E-state index contributed by atoms with van der Waals surface area (Å²) in [5.74, 6) is 2.61. The van der Waals surface area contributed by atoms with E-state index in [1.54, 1.807) is 18.1 Å². The number of thioether (sulfide) groups is 1. The molecule has 5 nitrogen and oxygen atoms in total. The van der Waals surface area contributed by atoms with Gasteiger partial charge in [0, 0.05) is 42.6 Å². The third-order valence-corrected chi connectivity index (χ3v) is 5.54. The van der Waals surface area contributed by atoms with Gasteiger partial charge in [-0.15, -0.1) is 22.0 Å². The van der Waals surface area contributed by atoms with Gasteiger partial charge in [0.15, 0.2) is 0 Å². The highest BCUT2D eigenvalue weighted by Gasteiger charge is 2.26. The van der Waals surface area contributed by atoms with Crippen molar-refractivity contribution in [1.29, 1.82) is 0 Å². The van der Waals surface area contributed by atoms with Gasteiger partial charge in [-0.05, 0) is 31.9 Å². The van der Waals surface area contributed by atoms with Gasteiger partial charge >= 0.3 is 0 Å². The number of piperidine rings is 1. The maximum atomic E-state index is 12.4. The Morgan fingerprint density at radius 3 is 2.71 bits per heavy atom. The van der Waals surface area contributed by atoms with E-state index < -0.39 is 0 Å². The quantitative estimate of drug-likeness (QED) is 0.755. The highest BCUT2D eigenvalue weighted by molar-refractivity contribution is 7.99. The van der Waals surface area contributed by atoms with Gasteiger partial charge in [0.25, 0.3) is 0 Å². The molecule has 0 bridgehead atoms. The van der Waals surface area contributed by atoms with Crippen LogP contribution in [0.1, 0.15) is 37.9 Å². The molecule has 1 amide bonds. The number of carbonyl (C=O) groups excluding carboxylic acids is 1. The van der Waals surface area contributed by atoms with Gasteiger partial charge in [-0.2, -0.15) is 0 Å². The van der Waals surface area contributed by atoms with Gasteiger partial charge in [0.05, 0.1) is 0 Å². The number of amides is 1. The minimum Gasteiger partial charge on any atom is -0.343 e. The van der Waals surface area contributed by atoms with Crippen LogP contribution in [0.3, 0.4) is 0 Å². The third-order valence-electron chi connectivity index (χ3n) is 4.53. The van der Waals surface area contributed by atoms with E-state index in [2.05, 4.69) is 33.8 Å². The maximum Gasteiger partial charge on any atom is 0.223 e. The Balaban J connectivity index is 1.43. The van der Waals surface area contributed by atoms with Crippen LogP contribution in [-0.4, -0.2) is 44.4 Å². The lowest BCUT2D eigenvalue weighted by atomic mass is 9.95. The fraction of sp³-hybridized carbons (Fsp3) is 0.500. The fourth-order valence-corrected chi connectivity index (χ4v) is 4.00. The molecule has 1 aliphatic heterocycles. The molecule has 2 heterocycles. The highest BCUT2D eigenvalue weighted by Crippen LogP contribution is 2.27. The first-order chi connectivity index (χ1) is 11.8. The largest absolute Gasteiger partial charge is 0.343 e. The molecule has 24 heavy (non-hydrogen) atoms. The lowest BCUT2D eigenvalue weighted by Crippen LogP contribution is -2.38. The first-order valence-corrected chi connectivity index (χ1v) is 9.59. The normalized spacial score (nSPS) is 15.6. The average Bonchev–Trinajstić information content (AvgIpc) is 3.11. The summed E-state index contributed by atoms with van der Waals surface area (Å²) in [5.41, 5.74) is 0. The number of carbonyl (C=O) groups is 1. The van der Waals surface area contributed by atoms with Gasteiger partial charge in [0.2, 0.25) is 5.91 Å². The highest BCUT2D eigenvalue weighted by atomic mass is 32.2. The molecule has 1 aromatic heterocycles. The molecule has 1 aliphatic rings. The lowest BCUT2D eigenvalue weighted by molar-refractivity contribution is -0.131. The van der Waals surface area contributed by atoms with Crippen molar-refractivity contribution in [3.8, 4) is 0 Å². The summed E-state index contributed by atoms with van der Waals surface area (Å²) in [6.45, 7) is 4.67. The Labute approximate surface area is 147 Å². The second-order valence-electron chi connectivity index (χ2n) is 6.04. The molecule has 1 aromatic carbocycles. The number of nitrogens with zero attached hydrogens (tertiary/aromatic N) is 4. The van der Waals surface area contributed by atoms with Crippen LogP contribution in [0.4, 0.5) is 0 Å². The SMILES string of the molecule is CCn1cnnc1C1CCN(C(=O)CCSc2ccccc2)CC1. The van der Waals surface area contributed by atoms with Crippen molar-refractivity contribution in [3.05, 3.63) is 42.5 Å². The second-order valence-corrected chi connectivity index (χ2v) is 7.21. The molecule has 2 aromatic rings. The number of rotatable bonds is 6. The molecule has 128 valence electrons. The van der Waals surface area contributed by atoms with Crippen molar-refractivity contribution in [3.63, 3.8) is 0 Å². The van der Waals surface area contributed by atoms with E-state index in [9.17, 15) is 4.79 Å². The van der Waals surface area contributed by atoms with Crippen molar-refractivity contribution in [2.75, 3.05) is 18.8 Å². The topological polar surface area (TPSA) is 51.0 Å². The second kappa shape index (κ2) is 8.33. The minimum atomic E-state index is 0.272. The molecule has 0 saturated carbocycles. The predicted octanol–water partition coefficient (Wildman–Crippen LogP) is 3.19. The standard InChI is InChI=1S/C18H24N4OS/c1-2-21-14-19-20-18(21)15-8-11-22(12-9-15)17(23)10-13-24-16-6-4-3-5-7-16/h3-7,14-15H,2,8-13H2,1H3. The van der Waals surface area contributed by atoms with Gasteiger partial charge < -0.3 is 9.47 Å². The predicted molar refractivity (Wildman–Crippen MR) is 96.0 cm³/mol. The van der Waals surface area contributed by atoms with Crippen LogP contribution in [-0.2, 0) is 11.3 Å². The molecule has 0 radical (unpaired) electrons. The Hall–Kier alpha value is -1.82. The smallest absolute Gasteiger partial charge is 0.223 e. The molecule has 1 saturated heterocycles. The van der Waals surface area contributed by atoms with Crippen molar-refractivity contribution in [2.45, 2.75) is 43.5 Å². The fourth-order valence-electron chi connectivity index (χ4n) is 3.14. The molecule has 0 unspecified atom stereocenters. The van der Waals surface area contributed by atoms with Crippen LogP contribution in [0.5, 0.6) is 0 Å². The van der Waals surface area contributed by atoms with Crippen LogP contribution in [0, 0.1) is 0 Å². The monoisotopic (exact) mass is 344 g/mol. The molecule has 0 aliphatic carbocycles. The van der Waals surface area contributed by atoms with E-state index in [0.29, 0.717) is 12.3 Å². The lowest BCUT2D eigenvalue weighted by Gasteiger charge is -2.31. The van der Waals surface area contributed by atoms with Crippen LogP contribution in [0.2, 0.25) is 0 Å². The number of benzene rings is 1. The van der Waals surface area contributed by atoms with Crippen LogP contribution >= 0.6 is 11.8 Å². The zero-order chi connectivity index (χ0) is 16.8. The molecule has 0 spiro atoms. The van der Waals surface area contributed by atoms with E-state index in [1.807, 2.05) is 23.1 Å². The Morgan fingerprint density at radius 2 is 2.00 bits per heavy atom. The van der Waals surface area contributed by atoms with E-state index in [0.717, 1.165) is 44.1 Å². The zero-order valence-electron chi connectivity index (χ0n) is 14.1. The first-order valence-electron chi connectivity index (χ1n) is 8.61. The van der Waals surface area contributed by atoms with Crippen molar-refractivity contribution in [2.24, 2.45) is 0 Å². The number of hydrogen-bond acceptors (Lipinski definition) is 4. The molecule has 6 heteroatoms. The third kappa shape index (κ3) is 4.17. The van der Waals surface area contributed by atoms with E-state index in [-0.39, 0.29) is 5.91 Å². The van der Waals surface area contributed by atoms with Crippen LogP contribution < -0.4 is 0 Å². The van der Waals surface area contributed by atoms with Crippen molar-refractivity contribution in [1.82, 2.24) is 19.7 Å². The van der Waals surface area contributed by atoms with E-state index in [4.69, 9.17) is 0 Å². The summed E-state index contributed by atoms with van der Waals surface area (Å²) < 4.78 is 2.11. The van der Waals surface area contributed by atoms with Crippen molar-refractivity contribution >= 4 is 17.7 Å². The number of aryl methyl sites for hydroxylation is 1. The molecule has 1 fully saturated rings. The van der Waals surface area contributed by atoms with Gasteiger partial charge in [0.1, 0.15) is 12.2 Å². The van der Waals surface area contributed by atoms with E-state index in [1.165, 1.54) is 4.90 Å². The maximum absolute atomic E-state index is 12.4. The summed E-state index contributed by atoms with van der Waals surface area (Å²) in [7, 11) is 0. The summed E-state index contributed by atoms with van der Waals surface area (Å²) >= 11 is 1.75. The average molecular weight is 344 g/mol. The van der Waals surface area contributed by atoms with Crippen molar-refractivity contribution < 1.29 is 4.79 Å². The first kappa shape index (κ1) is 17.0.